The molecule has 0 aromatic rings. The molecule has 1 unspecified atom stereocenters. The average molecular weight is 280 g/mol. The van der Waals surface area contributed by atoms with Gasteiger partial charge in [0.2, 0.25) is 0 Å². The molecular weight excluding hydrogens is 256 g/mol. The molecule has 0 radical (unpaired) electrons. The summed E-state index contributed by atoms with van der Waals surface area (Å²) in [5.74, 6) is 0. The molecule has 0 aromatic heterocycles. The van der Waals surface area contributed by atoms with Crippen LogP contribution >= 0.6 is 0 Å². The van der Waals surface area contributed by atoms with Gasteiger partial charge in [0.1, 0.15) is 5.60 Å². The van der Waals surface area contributed by atoms with E-state index in [2.05, 4.69) is 4.72 Å². The molecule has 1 atom stereocenters. The molecule has 6 nitrogen and oxygen atoms in total. The van der Waals surface area contributed by atoms with Gasteiger partial charge in [0, 0.05) is 32.7 Å². The van der Waals surface area contributed by atoms with E-state index >= 15 is 0 Å². The molecule has 18 heavy (non-hydrogen) atoms. The van der Waals surface area contributed by atoms with Crippen LogP contribution in [0.4, 0.5) is 0 Å². The number of nitrogens with zero attached hydrogens (tertiary/aromatic N) is 1. The van der Waals surface area contributed by atoms with Crippen LogP contribution in [0.2, 0.25) is 0 Å². The van der Waals surface area contributed by atoms with Gasteiger partial charge < -0.3 is 9.84 Å². The lowest BCUT2D eigenvalue weighted by Gasteiger charge is -2.25. The second-order valence-corrected chi connectivity index (χ2v) is 6.51. The predicted octanol–water partition coefficient (Wildman–Crippen LogP) is 0.0942. The Morgan fingerprint density at radius 3 is 2.39 bits per heavy atom. The van der Waals surface area contributed by atoms with Crippen LogP contribution in [0, 0.1) is 0 Å². The Kier molecular flexibility index (Phi) is 6.00. The van der Waals surface area contributed by atoms with Crippen molar-refractivity contribution in [2.24, 2.45) is 0 Å². The van der Waals surface area contributed by atoms with Crippen LogP contribution in [-0.2, 0) is 14.9 Å². The van der Waals surface area contributed by atoms with Crippen LogP contribution in [0.3, 0.4) is 0 Å². The highest BCUT2D eigenvalue weighted by molar-refractivity contribution is 7.87. The number of rotatable bonds is 8. The molecule has 108 valence electrons. The highest BCUT2D eigenvalue weighted by Crippen LogP contribution is 2.17. The van der Waals surface area contributed by atoms with Crippen molar-refractivity contribution in [2.75, 3.05) is 32.8 Å². The van der Waals surface area contributed by atoms with Crippen LogP contribution in [0.5, 0.6) is 0 Å². The summed E-state index contributed by atoms with van der Waals surface area (Å²) in [7, 11) is -3.50. The first kappa shape index (κ1) is 15.8. The van der Waals surface area contributed by atoms with Gasteiger partial charge in [-0.05, 0) is 12.8 Å². The van der Waals surface area contributed by atoms with Crippen molar-refractivity contribution in [3.05, 3.63) is 0 Å². The highest BCUT2D eigenvalue weighted by atomic mass is 32.2. The minimum Gasteiger partial charge on any atom is -0.386 e. The van der Waals surface area contributed by atoms with Gasteiger partial charge in [0.15, 0.2) is 0 Å². The Balaban J connectivity index is 2.56. The first-order valence-corrected chi connectivity index (χ1v) is 7.92. The molecule has 1 heterocycles. The Morgan fingerprint density at radius 1 is 1.33 bits per heavy atom. The monoisotopic (exact) mass is 280 g/mol. The largest absolute Gasteiger partial charge is 0.386 e. The lowest BCUT2D eigenvalue weighted by atomic mass is 10.1. The maximum atomic E-state index is 12.1. The molecule has 0 spiro atoms. The van der Waals surface area contributed by atoms with E-state index in [1.54, 1.807) is 0 Å². The van der Waals surface area contributed by atoms with E-state index in [0.29, 0.717) is 26.1 Å². The van der Waals surface area contributed by atoms with Gasteiger partial charge >= 0.3 is 0 Å². The average Bonchev–Trinajstić information content (AvgIpc) is 2.74. The zero-order chi connectivity index (χ0) is 13.6. The Bertz CT molecular complexity index is 333. The third-order valence-corrected chi connectivity index (χ3v) is 4.51. The van der Waals surface area contributed by atoms with Gasteiger partial charge in [-0.2, -0.15) is 17.4 Å². The zero-order valence-electron chi connectivity index (χ0n) is 11.2. The summed E-state index contributed by atoms with van der Waals surface area (Å²) in [6.07, 6.45) is 2.01. The maximum absolute atomic E-state index is 12.1. The summed E-state index contributed by atoms with van der Waals surface area (Å²) in [5, 5.41) is 10.0. The molecule has 7 heteroatoms. The molecule has 1 fully saturated rings. The normalized spacial score (nSPS) is 24.9. The lowest BCUT2D eigenvalue weighted by Crippen LogP contribution is -2.48. The van der Waals surface area contributed by atoms with Gasteiger partial charge in [0.25, 0.3) is 10.2 Å². The molecule has 0 amide bonds. The van der Waals surface area contributed by atoms with E-state index in [4.69, 9.17) is 4.74 Å². The Labute approximate surface area is 109 Å². The standard InChI is InChI=1S/C11H24N2O4S/c1-3-6-13(7-4-2)18(15,16)12-9-11(14)5-8-17-10-11/h12,14H,3-10H2,1-2H3. The van der Waals surface area contributed by atoms with Gasteiger partial charge in [-0.25, -0.2) is 0 Å². The molecule has 1 aliphatic heterocycles. The second-order valence-electron chi connectivity index (χ2n) is 4.75. The first-order chi connectivity index (χ1) is 8.43. The van der Waals surface area contributed by atoms with E-state index in [1.165, 1.54) is 4.31 Å². The number of aliphatic hydroxyl groups is 1. The second kappa shape index (κ2) is 6.81. The quantitative estimate of drug-likeness (QED) is 0.661. The number of hydrogen-bond donors (Lipinski definition) is 2. The SMILES string of the molecule is CCCN(CCC)S(=O)(=O)NCC1(O)CCOC1. The minimum atomic E-state index is -3.50. The molecule has 1 aliphatic rings. The Hall–Kier alpha value is -0.210. The fourth-order valence-corrected chi connectivity index (χ4v) is 3.38. The lowest BCUT2D eigenvalue weighted by molar-refractivity contribution is 0.0311. The molecule has 1 saturated heterocycles. The molecule has 2 N–H and O–H groups in total. The summed E-state index contributed by atoms with van der Waals surface area (Å²) in [5.41, 5.74) is -1.06. The fraction of sp³-hybridized carbons (Fsp3) is 1.00. The van der Waals surface area contributed by atoms with Gasteiger partial charge in [-0.15, -0.1) is 0 Å². The fourth-order valence-electron chi connectivity index (χ4n) is 1.90. The summed E-state index contributed by atoms with van der Waals surface area (Å²) in [6.45, 7) is 5.56. The van der Waals surface area contributed by atoms with Gasteiger partial charge in [0.05, 0.1) is 6.61 Å². The third kappa shape index (κ3) is 4.47. The number of nitrogens with one attached hydrogen (secondary N) is 1. The van der Waals surface area contributed by atoms with Crippen molar-refractivity contribution in [1.82, 2.24) is 9.03 Å². The van der Waals surface area contributed by atoms with Crippen LogP contribution < -0.4 is 4.72 Å². The van der Waals surface area contributed by atoms with E-state index in [9.17, 15) is 13.5 Å². The van der Waals surface area contributed by atoms with Crippen LogP contribution in [-0.4, -0.2) is 56.3 Å². The van der Waals surface area contributed by atoms with Gasteiger partial charge in [-0.1, -0.05) is 13.8 Å². The summed E-state index contributed by atoms with van der Waals surface area (Å²) in [4.78, 5) is 0. The van der Waals surface area contributed by atoms with Crippen molar-refractivity contribution in [1.29, 1.82) is 0 Å². The summed E-state index contributed by atoms with van der Waals surface area (Å²) >= 11 is 0. The van der Waals surface area contributed by atoms with E-state index in [0.717, 1.165) is 12.8 Å². The first-order valence-electron chi connectivity index (χ1n) is 6.48. The highest BCUT2D eigenvalue weighted by Gasteiger charge is 2.34. The van der Waals surface area contributed by atoms with Gasteiger partial charge in [-0.3, -0.25) is 0 Å². The molecular formula is C11H24N2O4S. The summed E-state index contributed by atoms with van der Waals surface area (Å²) in [6, 6.07) is 0. The van der Waals surface area contributed by atoms with Crippen LogP contribution in [0.25, 0.3) is 0 Å². The third-order valence-electron chi connectivity index (χ3n) is 2.95. The smallest absolute Gasteiger partial charge is 0.279 e. The van der Waals surface area contributed by atoms with Crippen molar-refractivity contribution in [3.8, 4) is 0 Å². The predicted molar refractivity (Wildman–Crippen MR) is 69.5 cm³/mol. The molecule has 0 saturated carbocycles. The minimum absolute atomic E-state index is 0.0132. The zero-order valence-corrected chi connectivity index (χ0v) is 12.0. The molecule has 0 aromatic carbocycles. The van der Waals surface area contributed by atoms with E-state index in [1.807, 2.05) is 13.8 Å². The Morgan fingerprint density at radius 2 is 1.94 bits per heavy atom. The van der Waals surface area contributed by atoms with Crippen molar-refractivity contribution in [2.45, 2.75) is 38.7 Å². The van der Waals surface area contributed by atoms with E-state index in [-0.39, 0.29) is 13.2 Å². The molecule has 0 bridgehead atoms. The van der Waals surface area contributed by atoms with Crippen molar-refractivity contribution < 1.29 is 18.3 Å². The van der Waals surface area contributed by atoms with Crippen LogP contribution in [0.1, 0.15) is 33.1 Å². The van der Waals surface area contributed by atoms with Crippen LogP contribution in [0.15, 0.2) is 0 Å². The topological polar surface area (TPSA) is 78.9 Å². The maximum Gasteiger partial charge on any atom is 0.279 e. The molecule has 0 aliphatic carbocycles. The van der Waals surface area contributed by atoms with Crippen molar-refractivity contribution >= 4 is 10.2 Å². The van der Waals surface area contributed by atoms with E-state index < -0.39 is 15.8 Å². The molecule has 1 rings (SSSR count). The summed E-state index contributed by atoms with van der Waals surface area (Å²) < 4.78 is 33.1. The van der Waals surface area contributed by atoms with Crippen molar-refractivity contribution in [3.63, 3.8) is 0 Å². The number of hydrogen-bond acceptors (Lipinski definition) is 4. The number of ether oxygens (including phenoxy) is 1.